The maximum Gasteiger partial charge on any atom is 0.0314 e. The first-order chi connectivity index (χ1) is 11.6. The topological polar surface area (TPSA) is 26.0 Å². The highest BCUT2D eigenvalue weighted by molar-refractivity contribution is 5.44. The second kappa shape index (κ2) is 4.88. The molecule has 0 spiro atoms. The molecule has 2 aromatic rings. The molecule has 0 saturated heterocycles. The summed E-state index contributed by atoms with van der Waals surface area (Å²) >= 11 is 0. The minimum Gasteiger partial charge on any atom is -0.399 e. The number of benzene rings is 2. The molecular weight excluding hydrogens is 290 g/mol. The Morgan fingerprint density at radius 1 is 0.750 bits per heavy atom. The highest BCUT2D eigenvalue weighted by Gasteiger charge is 2.58. The molecule has 0 heterocycles. The lowest BCUT2D eigenvalue weighted by Gasteiger charge is -2.63. The Hall–Kier alpha value is -1.76. The first-order valence-corrected chi connectivity index (χ1v) is 9.50. The molecule has 0 amide bonds. The lowest BCUT2D eigenvalue weighted by molar-refractivity contribution is -0.0281. The molecule has 4 aliphatic rings. The molecule has 2 N–H and O–H groups in total. The number of aryl methyl sites for hydroxylation is 1. The van der Waals surface area contributed by atoms with E-state index in [0.717, 1.165) is 17.5 Å². The van der Waals surface area contributed by atoms with Crippen LogP contribution in [0.15, 0.2) is 48.5 Å². The third-order valence-corrected chi connectivity index (χ3v) is 7.25. The van der Waals surface area contributed by atoms with E-state index in [1.54, 1.807) is 11.1 Å². The molecule has 6 rings (SSSR count). The summed E-state index contributed by atoms with van der Waals surface area (Å²) in [5.41, 5.74) is 12.2. The molecule has 124 valence electrons. The number of hydrogen-bond donors (Lipinski definition) is 1. The second-order valence-electron chi connectivity index (χ2n) is 9.01. The van der Waals surface area contributed by atoms with E-state index in [9.17, 15) is 0 Å². The fourth-order valence-corrected chi connectivity index (χ4v) is 6.68. The fraction of sp³-hybridized carbons (Fsp3) is 0.478. The van der Waals surface area contributed by atoms with E-state index in [-0.39, 0.29) is 0 Å². The van der Waals surface area contributed by atoms with Crippen LogP contribution in [0.5, 0.6) is 0 Å². The first-order valence-electron chi connectivity index (χ1n) is 9.50. The Bertz CT molecular complexity index is 678. The highest BCUT2D eigenvalue weighted by atomic mass is 14.6. The minimum absolute atomic E-state index is 0.392. The van der Waals surface area contributed by atoms with Crippen LogP contribution in [0.4, 0.5) is 5.69 Å². The molecule has 2 unspecified atom stereocenters. The van der Waals surface area contributed by atoms with Gasteiger partial charge >= 0.3 is 0 Å². The number of hydrogen-bond acceptors (Lipinski definition) is 1. The third-order valence-electron chi connectivity index (χ3n) is 7.25. The van der Waals surface area contributed by atoms with Gasteiger partial charge in [-0.05, 0) is 91.4 Å². The maximum atomic E-state index is 5.95. The number of anilines is 1. The van der Waals surface area contributed by atoms with Crippen LogP contribution < -0.4 is 5.73 Å². The van der Waals surface area contributed by atoms with Gasteiger partial charge in [0.15, 0.2) is 0 Å². The van der Waals surface area contributed by atoms with Crippen molar-refractivity contribution in [2.75, 3.05) is 5.73 Å². The van der Waals surface area contributed by atoms with Crippen molar-refractivity contribution in [2.24, 2.45) is 11.8 Å². The molecule has 4 saturated carbocycles. The quantitative estimate of drug-likeness (QED) is 0.741. The highest BCUT2D eigenvalue weighted by Crippen LogP contribution is 2.66. The van der Waals surface area contributed by atoms with Gasteiger partial charge in [-0.25, -0.2) is 0 Å². The molecular formula is C23H27N. The van der Waals surface area contributed by atoms with Crippen molar-refractivity contribution in [3.63, 3.8) is 0 Å². The van der Waals surface area contributed by atoms with Gasteiger partial charge in [0, 0.05) is 5.69 Å². The van der Waals surface area contributed by atoms with Crippen LogP contribution in [0.2, 0.25) is 0 Å². The zero-order valence-corrected chi connectivity index (χ0v) is 14.6. The van der Waals surface area contributed by atoms with Crippen LogP contribution in [0, 0.1) is 18.8 Å². The van der Waals surface area contributed by atoms with Gasteiger partial charge in [0.1, 0.15) is 0 Å². The van der Waals surface area contributed by atoms with Gasteiger partial charge in [0.25, 0.3) is 0 Å². The van der Waals surface area contributed by atoms with Crippen molar-refractivity contribution in [3.05, 3.63) is 65.2 Å². The van der Waals surface area contributed by atoms with E-state index in [4.69, 9.17) is 5.73 Å². The monoisotopic (exact) mass is 317 g/mol. The summed E-state index contributed by atoms with van der Waals surface area (Å²) in [6.45, 7) is 2.19. The van der Waals surface area contributed by atoms with Crippen molar-refractivity contribution in [1.29, 1.82) is 0 Å². The predicted molar refractivity (Wildman–Crippen MR) is 100 cm³/mol. The van der Waals surface area contributed by atoms with Crippen LogP contribution in [0.1, 0.15) is 55.2 Å². The summed E-state index contributed by atoms with van der Waals surface area (Å²) in [6, 6.07) is 18.3. The van der Waals surface area contributed by atoms with Crippen LogP contribution >= 0.6 is 0 Å². The van der Waals surface area contributed by atoms with Crippen LogP contribution in [-0.2, 0) is 10.8 Å². The Labute approximate surface area is 145 Å². The molecule has 4 aliphatic carbocycles. The Kier molecular flexibility index (Phi) is 2.96. The molecule has 4 bridgehead atoms. The van der Waals surface area contributed by atoms with E-state index in [1.807, 2.05) is 0 Å². The Morgan fingerprint density at radius 2 is 1.21 bits per heavy atom. The van der Waals surface area contributed by atoms with Gasteiger partial charge < -0.3 is 5.73 Å². The van der Waals surface area contributed by atoms with Gasteiger partial charge in [-0.15, -0.1) is 0 Å². The average Bonchev–Trinajstić information content (AvgIpc) is 2.54. The third kappa shape index (κ3) is 2.06. The van der Waals surface area contributed by atoms with E-state index >= 15 is 0 Å². The lowest BCUT2D eigenvalue weighted by Crippen LogP contribution is -2.55. The molecule has 2 aromatic carbocycles. The molecule has 24 heavy (non-hydrogen) atoms. The maximum absolute atomic E-state index is 5.95. The second-order valence-corrected chi connectivity index (χ2v) is 9.01. The summed E-state index contributed by atoms with van der Waals surface area (Å²) in [6.07, 6.45) is 8.39. The van der Waals surface area contributed by atoms with Crippen molar-refractivity contribution in [3.8, 4) is 0 Å². The predicted octanol–water partition coefficient (Wildman–Crippen LogP) is 5.37. The molecule has 0 aromatic heterocycles. The smallest absolute Gasteiger partial charge is 0.0314 e. The summed E-state index contributed by atoms with van der Waals surface area (Å²) < 4.78 is 0. The molecule has 4 fully saturated rings. The number of nitrogen functional groups attached to an aromatic ring is 1. The molecule has 0 aliphatic heterocycles. The van der Waals surface area contributed by atoms with Gasteiger partial charge in [-0.2, -0.15) is 0 Å². The van der Waals surface area contributed by atoms with E-state index in [1.165, 1.54) is 44.1 Å². The Balaban J connectivity index is 1.59. The normalized spacial score (nSPS) is 36.9. The largest absolute Gasteiger partial charge is 0.399 e. The SMILES string of the molecule is Cc1ccc(C23CC4CC(C2)CC(c2ccc(N)cc2)(C4)C3)cc1. The van der Waals surface area contributed by atoms with E-state index in [0.29, 0.717) is 10.8 Å². The van der Waals surface area contributed by atoms with Crippen molar-refractivity contribution >= 4 is 5.69 Å². The molecule has 2 atom stereocenters. The van der Waals surface area contributed by atoms with E-state index in [2.05, 4.69) is 55.5 Å². The van der Waals surface area contributed by atoms with Crippen LogP contribution in [0.3, 0.4) is 0 Å². The molecule has 1 nitrogen and oxygen atoms in total. The summed E-state index contributed by atoms with van der Waals surface area (Å²) in [5.74, 6) is 1.82. The zero-order valence-electron chi connectivity index (χ0n) is 14.6. The van der Waals surface area contributed by atoms with Crippen molar-refractivity contribution < 1.29 is 0 Å². The average molecular weight is 317 g/mol. The van der Waals surface area contributed by atoms with Gasteiger partial charge in [-0.1, -0.05) is 42.0 Å². The van der Waals surface area contributed by atoms with Crippen molar-refractivity contribution in [1.82, 2.24) is 0 Å². The standard InChI is InChI=1S/C23H27N/c1-16-2-4-19(5-3-16)22-11-17-10-18(12-22)14-23(13-17,15-22)20-6-8-21(24)9-7-20/h2-9,17-18H,10-15,24H2,1H3. The van der Waals surface area contributed by atoms with Crippen LogP contribution in [-0.4, -0.2) is 0 Å². The zero-order chi connectivity index (χ0) is 16.4. The van der Waals surface area contributed by atoms with Gasteiger partial charge in [-0.3, -0.25) is 0 Å². The van der Waals surface area contributed by atoms with Gasteiger partial charge in [0.05, 0.1) is 0 Å². The summed E-state index contributed by atoms with van der Waals surface area (Å²) in [4.78, 5) is 0. The lowest BCUT2D eigenvalue weighted by atomic mass is 9.42. The van der Waals surface area contributed by atoms with E-state index < -0.39 is 0 Å². The molecule has 0 radical (unpaired) electrons. The summed E-state index contributed by atoms with van der Waals surface area (Å²) in [5, 5.41) is 0. The molecule has 1 heteroatoms. The number of rotatable bonds is 2. The Morgan fingerprint density at radius 3 is 1.71 bits per heavy atom. The summed E-state index contributed by atoms with van der Waals surface area (Å²) in [7, 11) is 0. The van der Waals surface area contributed by atoms with Gasteiger partial charge in [0.2, 0.25) is 0 Å². The number of nitrogens with two attached hydrogens (primary N) is 1. The first kappa shape index (κ1) is 14.6. The minimum atomic E-state index is 0.392. The van der Waals surface area contributed by atoms with Crippen molar-refractivity contribution in [2.45, 2.75) is 56.3 Å². The van der Waals surface area contributed by atoms with Crippen LogP contribution in [0.25, 0.3) is 0 Å². The fourth-order valence-electron chi connectivity index (χ4n) is 6.68.